The van der Waals surface area contributed by atoms with Crippen molar-refractivity contribution in [2.75, 3.05) is 31.1 Å². The quantitative estimate of drug-likeness (QED) is 0.645. The SMILES string of the molecule is O=C(O)Cn1cc(C(C(=O)O)N2CCN(c3ncccn3)CC2)c2ccccc21. The van der Waals surface area contributed by atoms with Crippen LogP contribution in [0.2, 0.25) is 0 Å². The van der Waals surface area contributed by atoms with Crippen molar-refractivity contribution in [3.05, 3.63) is 54.5 Å². The van der Waals surface area contributed by atoms with Crippen LogP contribution in [0.3, 0.4) is 0 Å². The average molecular weight is 395 g/mol. The molecule has 1 atom stereocenters. The summed E-state index contributed by atoms with van der Waals surface area (Å²) in [6.45, 7) is 2.08. The molecule has 0 amide bonds. The van der Waals surface area contributed by atoms with Gasteiger partial charge in [-0.05, 0) is 12.1 Å². The van der Waals surface area contributed by atoms with Gasteiger partial charge in [0.15, 0.2) is 0 Å². The van der Waals surface area contributed by atoms with E-state index in [1.807, 2.05) is 34.1 Å². The summed E-state index contributed by atoms with van der Waals surface area (Å²) in [4.78, 5) is 35.9. The molecule has 2 aromatic heterocycles. The number of piperazine rings is 1. The molecule has 29 heavy (non-hydrogen) atoms. The Kier molecular flexibility index (Phi) is 5.13. The number of rotatable bonds is 6. The summed E-state index contributed by atoms with van der Waals surface area (Å²) in [5.41, 5.74) is 1.33. The minimum Gasteiger partial charge on any atom is -0.480 e. The molecule has 1 aliphatic rings. The van der Waals surface area contributed by atoms with Crippen molar-refractivity contribution in [3.8, 4) is 0 Å². The second-order valence-corrected chi connectivity index (χ2v) is 6.94. The highest BCUT2D eigenvalue weighted by Gasteiger charge is 2.33. The molecule has 2 N–H and O–H groups in total. The van der Waals surface area contributed by atoms with Gasteiger partial charge in [0.05, 0.1) is 0 Å². The molecule has 3 aromatic rings. The Balaban J connectivity index is 1.62. The Morgan fingerprint density at radius 3 is 2.34 bits per heavy atom. The first kappa shape index (κ1) is 18.9. The van der Waals surface area contributed by atoms with Gasteiger partial charge >= 0.3 is 11.9 Å². The van der Waals surface area contributed by atoms with Gasteiger partial charge in [-0.1, -0.05) is 18.2 Å². The molecule has 9 nitrogen and oxygen atoms in total. The van der Waals surface area contributed by atoms with E-state index in [1.165, 1.54) is 0 Å². The average Bonchev–Trinajstić information content (AvgIpc) is 3.07. The minimum atomic E-state index is -0.972. The van der Waals surface area contributed by atoms with Crippen molar-refractivity contribution < 1.29 is 19.8 Å². The van der Waals surface area contributed by atoms with Crippen molar-refractivity contribution in [1.29, 1.82) is 0 Å². The molecule has 0 radical (unpaired) electrons. The van der Waals surface area contributed by atoms with E-state index < -0.39 is 18.0 Å². The van der Waals surface area contributed by atoms with E-state index in [9.17, 15) is 19.8 Å². The van der Waals surface area contributed by atoms with E-state index in [4.69, 9.17) is 0 Å². The van der Waals surface area contributed by atoms with Crippen LogP contribution in [0.25, 0.3) is 10.9 Å². The van der Waals surface area contributed by atoms with E-state index in [-0.39, 0.29) is 6.54 Å². The molecule has 150 valence electrons. The number of fused-ring (bicyclic) bond motifs is 1. The Labute approximate surface area is 166 Å². The molecule has 1 unspecified atom stereocenters. The van der Waals surface area contributed by atoms with Crippen LogP contribution in [-0.4, -0.2) is 67.8 Å². The number of carboxylic acid groups (broad SMARTS) is 2. The second kappa shape index (κ2) is 7.88. The predicted octanol–water partition coefficient (Wildman–Crippen LogP) is 1.46. The summed E-state index contributed by atoms with van der Waals surface area (Å²) < 4.78 is 1.59. The zero-order chi connectivity index (χ0) is 20.4. The topological polar surface area (TPSA) is 112 Å². The van der Waals surface area contributed by atoms with Gasteiger partial charge in [0.2, 0.25) is 5.95 Å². The molecule has 9 heteroatoms. The lowest BCUT2D eigenvalue weighted by Gasteiger charge is -2.37. The fourth-order valence-corrected chi connectivity index (χ4v) is 3.89. The standard InChI is InChI=1S/C20H21N5O4/c26-17(27)13-25-12-15(14-4-1-2-5-16(14)25)18(19(28)29)23-8-10-24(11-9-23)20-21-6-3-7-22-20/h1-7,12,18H,8-11,13H2,(H,26,27)(H,28,29). The number of benzene rings is 1. The summed E-state index contributed by atoms with van der Waals surface area (Å²) in [5, 5.41) is 20.0. The fourth-order valence-electron chi connectivity index (χ4n) is 3.89. The van der Waals surface area contributed by atoms with Crippen LogP contribution in [0.4, 0.5) is 5.95 Å². The number of carbonyl (C=O) groups is 2. The monoisotopic (exact) mass is 395 g/mol. The maximum atomic E-state index is 12.2. The maximum Gasteiger partial charge on any atom is 0.325 e. The highest BCUT2D eigenvalue weighted by Crippen LogP contribution is 2.31. The molecular weight excluding hydrogens is 374 g/mol. The molecule has 0 spiro atoms. The Morgan fingerprint density at radius 1 is 1.00 bits per heavy atom. The molecule has 1 aromatic carbocycles. The van der Waals surface area contributed by atoms with E-state index in [0.29, 0.717) is 43.2 Å². The van der Waals surface area contributed by atoms with Gasteiger partial charge in [0, 0.05) is 61.2 Å². The predicted molar refractivity (Wildman–Crippen MR) is 106 cm³/mol. The highest BCUT2D eigenvalue weighted by molar-refractivity contribution is 5.90. The van der Waals surface area contributed by atoms with E-state index >= 15 is 0 Å². The molecule has 0 bridgehead atoms. The maximum absolute atomic E-state index is 12.2. The normalized spacial score (nSPS) is 16.1. The number of nitrogens with zero attached hydrogens (tertiary/aromatic N) is 5. The van der Waals surface area contributed by atoms with Crippen molar-refractivity contribution in [2.45, 2.75) is 12.6 Å². The Morgan fingerprint density at radius 2 is 1.69 bits per heavy atom. The number of hydrogen-bond acceptors (Lipinski definition) is 6. The van der Waals surface area contributed by atoms with Gasteiger partial charge in [0.25, 0.3) is 0 Å². The number of para-hydroxylation sites is 1. The first-order valence-electron chi connectivity index (χ1n) is 9.33. The zero-order valence-electron chi connectivity index (χ0n) is 15.7. The smallest absolute Gasteiger partial charge is 0.325 e. The van der Waals surface area contributed by atoms with Crippen molar-refractivity contribution >= 4 is 28.8 Å². The van der Waals surface area contributed by atoms with Crippen LogP contribution in [0.15, 0.2) is 48.9 Å². The van der Waals surface area contributed by atoms with Gasteiger partial charge in [-0.2, -0.15) is 0 Å². The van der Waals surface area contributed by atoms with Gasteiger partial charge in [0.1, 0.15) is 12.6 Å². The van der Waals surface area contributed by atoms with Gasteiger partial charge in [-0.15, -0.1) is 0 Å². The molecule has 3 heterocycles. The second-order valence-electron chi connectivity index (χ2n) is 6.94. The molecular formula is C20H21N5O4. The van der Waals surface area contributed by atoms with Gasteiger partial charge < -0.3 is 19.7 Å². The number of aliphatic carboxylic acids is 2. The fraction of sp³-hybridized carbons (Fsp3) is 0.300. The molecule has 1 saturated heterocycles. The van der Waals surface area contributed by atoms with Crippen LogP contribution in [0.1, 0.15) is 11.6 Å². The third-order valence-corrected chi connectivity index (χ3v) is 5.17. The van der Waals surface area contributed by atoms with Crippen molar-refractivity contribution in [2.24, 2.45) is 0 Å². The van der Waals surface area contributed by atoms with E-state index in [1.54, 1.807) is 29.2 Å². The largest absolute Gasteiger partial charge is 0.480 e. The molecule has 0 saturated carbocycles. The van der Waals surface area contributed by atoms with Crippen LogP contribution < -0.4 is 4.90 Å². The molecule has 0 aliphatic carbocycles. The van der Waals surface area contributed by atoms with Crippen molar-refractivity contribution in [1.82, 2.24) is 19.4 Å². The number of aromatic nitrogens is 3. The number of anilines is 1. The van der Waals surface area contributed by atoms with Gasteiger partial charge in [-0.3, -0.25) is 14.5 Å². The van der Waals surface area contributed by atoms with Crippen LogP contribution in [0.5, 0.6) is 0 Å². The van der Waals surface area contributed by atoms with Crippen LogP contribution >= 0.6 is 0 Å². The van der Waals surface area contributed by atoms with Crippen LogP contribution in [0, 0.1) is 0 Å². The molecule has 1 fully saturated rings. The highest BCUT2D eigenvalue weighted by atomic mass is 16.4. The third-order valence-electron chi connectivity index (χ3n) is 5.17. The number of hydrogen-bond donors (Lipinski definition) is 2. The lowest BCUT2D eigenvalue weighted by Crippen LogP contribution is -2.49. The third kappa shape index (κ3) is 3.77. The Bertz CT molecular complexity index is 1030. The molecule has 4 rings (SSSR count). The van der Waals surface area contributed by atoms with Gasteiger partial charge in [-0.25, -0.2) is 9.97 Å². The van der Waals surface area contributed by atoms with E-state index in [2.05, 4.69) is 9.97 Å². The first-order chi connectivity index (χ1) is 14.0. The van der Waals surface area contributed by atoms with E-state index in [0.717, 1.165) is 5.39 Å². The first-order valence-corrected chi connectivity index (χ1v) is 9.33. The summed E-state index contributed by atoms with van der Waals surface area (Å²) in [5.74, 6) is -1.29. The Hall–Kier alpha value is -3.46. The summed E-state index contributed by atoms with van der Waals surface area (Å²) in [7, 11) is 0. The van der Waals surface area contributed by atoms with Crippen LogP contribution in [-0.2, 0) is 16.1 Å². The summed E-state index contributed by atoms with van der Waals surface area (Å²) in [6.07, 6.45) is 5.03. The lowest BCUT2D eigenvalue weighted by atomic mass is 10.0. The summed E-state index contributed by atoms with van der Waals surface area (Å²) >= 11 is 0. The minimum absolute atomic E-state index is 0.216. The van der Waals surface area contributed by atoms with Crippen molar-refractivity contribution in [3.63, 3.8) is 0 Å². The lowest BCUT2D eigenvalue weighted by molar-refractivity contribution is -0.143. The zero-order valence-corrected chi connectivity index (χ0v) is 15.7. The number of carboxylic acids is 2. The molecule has 1 aliphatic heterocycles. The summed E-state index contributed by atoms with van der Waals surface area (Å²) in [6, 6.07) is 8.21.